The average Bonchev–Trinajstić information content (AvgIpc) is 3.11. The van der Waals surface area contributed by atoms with Crippen molar-refractivity contribution in [3.63, 3.8) is 0 Å². The highest BCUT2D eigenvalue weighted by Crippen LogP contribution is 2.28. The van der Waals surface area contributed by atoms with Crippen molar-refractivity contribution in [2.45, 2.75) is 81.8 Å². The van der Waals surface area contributed by atoms with E-state index in [9.17, 15) is 4.79 Å². The molecule has 0 spiro atoms. The molecular weight excluding hydrogens is 438 g/mol. The summed E-state index contributed by atoms with van der Waals surface area (Å²) in [4.78, 5) is 21.5. The van der Waals surface area contributed by atoms with Crippen molar-refractivity contribution in [3.05, 3.63) is 83.0 Å². The Morgan fingerprint density at radius 2 is 1.65 bits per heavy atom. The van der Waals surface area contributed by atoms with Gasteiger partial charge in [-0.1, -0.05) is 79.4 Å². The Balaban J connectivity index is 1.52. The number of carbonyl (C=O) groups is 1. The molecule has 1 aliphatic rings. The van der Waals surface area contributed by atoms with Gasteiger partial charge in [-0.2, -0.15) is 0 Å². The molecule has 3 aromatic rings. The van der Waals surface area contributed by atoms with Crippen molar-refractivity contribution in [1.29, 1.82) is 0 Å². The molecule has 34 heavy (non-hydrogen) atoms. The molecule has 1 aliphatic carbocycles. The third kappa shape index (κ3) is 6.41. The van der Waals surface area contributed by atoms with E-state index in [-0.39, 0.29) is 12.1 Å². The number of nitrogens with zero attached hydrogens (tertiary/aromatic N) is 2. The Kier molecular flexibility index (Phi) is 8.28. The van der Waals surface area contributed by atoms with Crippen LogP contribution in [0.5, 0.6) is 0 Å². The van der Waals surface area contributed by atoms with Crippen molar-refractivity contribution in [2.75, 3.05) is 5.32 Å². The van der Waals surface area contributed by atoms with Crippen LogP contribution >= 0.6 is 11.8 Å². The van der Waals surface area contributed by atoms with Crippen molar-refractivity contribution >= 4 is 23.5 Å². The van der Waals surface area contributed by atoms with Crippen LogP contribution in [0.4, 0.5) is 10.5 Å². The number of pyridine rings is 1. The fourth-order valence-corrected chi connectivity index (χ4v) is 5.64. The highest BCUT2D eigenvalue weighted by molar-refractivity contribution is 7.99. The van der Waals surface area contributed by atoms with Gasteiger partial charge < -0.3 is 10.2 Å². The molecule has 1 fully saturated rings. The van der Waals surface area contributed by atoms with Gasteiger partial charge in [0, 0.05) is 29.4 Å². The molecule has 0 unspecified atom stereocenters. The van der Waals surface area contributed by atoms with Gasteiger partial charge in [0.25, 0.3) is 0 Å². The molecule has 1 aromatic heterocycles. The molecule has 5 heteroatoms. The molecule has 4 rings (SSSR count). The Bertz CT molecular complexity index is 1070. The quantitative estimate of drug-likeness (QED) is 0.370. The summed E-state index contributed by atoms with van der Waals surface area (Å²) in [5.41, 5.74) is 5.43. The molecule has 0 radical (unpaired) electrons. The SMILES string of the molecule is Cc1cc(C)c(NC(=O)N(Cc2ccc(Sc3ccccc3)nc2)C2CCCCCC2)c(C)c1. The number of amides is 2. The molecule has 2 aromatic carbocycles. The standard InChI is InChI=1S/C29H35N3OS/c1-21-17-22(2)28(23(3)18-21)31-29(33)32(25-11-7-4-5-8-12-25)20-24-15-16-27(30-19-24)34-26-13-9-6-10-14-26/h6,9-10,13-19,25H,4-5,7-8,11-12,20H2,1-3H3,(H,31,33). The molecular formula is C29H35N3OS. The lowest BCUT2D eigenvalue weighted by molar-refractivity contribution is 0.175. The van der Waals surface area contributed by atoms with Gasteiger partial charge in [0.1, 0.15) is 5.03 Å². The lowest BCUT2D eigenvalue weighted by atomic mass is 10.0. The van der Waals surface area contributed by atoms with Crippen LogP contribution < -0.4 is 5.32 Å². The van der Waals surface area contributed by atoms with E-state index < -0.39 is 0 Å². The van der Waals surface area contributed by atoms with Crippen LogP contribution in [0.2, 0.25) is 0 Å². The smallest absolute Gasteiger partial charge is 0.317 e. The predicted octanol–water partition coefficient (Wildman–Crippen LogP) is 7.91. The van der Waals surface area contributed by atoms with Crippen LogP contribution in [0.15, 0.2) is 70.7 Å². The van der Waals surface area contributed by atoms with E-state index in [0.717, 1.165) is 40.2 Å². The van der Waals surface area contributed by atoms with Gasteiger partial charge in [0.15, 0.2) is 0 Å². The van der Waals surface area contributed by atoms with E-state index in [4.69, 9.17) is 0 Å². The second-order valence-electron chi connectivity index (χ2n) is 9.40. The van der Waals surface area contributed by atoms with Crippen LogP contribution in [-0.2, 0) is 6.54 Å². The molecule has 0 saturated heterocycles. The van der Waals surface area contributed by atoms with Gasteiger partial charge in [-0.3, -0.25) is 0 Å². The second kappa shape index (κ2) is 11.6. The fourth-order valence-electron chi connectivity index (χ4n) is 4.86. The monoisotopic (exact) mass is 473 g/mol. The summed E-state index contributed by atoms with van der Waals surface area (Å²) in [6.45, 7) is 6.80. The minimum atomic E-state index is -0.00955. The number of aryl methyl sites for hydroxylation is 3. The van der Waals surface area contributed by atoms with E-state index in [1.54, 1.807) is 11.8 Å². The normalized spacial score (nSPS) is 14.4. The summed E-state index contributed by atoms with van der Waals surface area (Å²) in [7, 11) is 0. The van der Waals surface area contributed by atoms with E-state index in [0.29, 0.717) is 6.54 Å². The Labute approximate surface area is 208 Å². The van der Waals surface area contributed by atoms with Crippen LogP contribution in [0, 0.1) is 20.8 Å². The third-order valence-electron chi connectivity index (χ3n) is 6.55. The molecule has 0 bridgehead atoms. The van der Waals surface area contributed by atoms with E-state index in [1.165, 1.54) is 36.1 Å². The summed E-state index contributed by atoms with van der Waals surface area (Å²) in [6.07, 6.45) is 8.93. The van der Waals surface area contributed by atoms with Crippen molar-refractivity contribution in [2.24, 2.45) is 0 Å². The number of aromatic nitrogens is 1. The Hall–Kier alpha value is -2.79. The van der Waals surface area contributed by atoms with E-state index >= 15 is 0 Å². The third-order valence-corrected chi connectivity index (χ3v) is 7.51. The van der Waals surface area contributed by atoms with Gasteiger partial charge >= 0.3 is 6.03 Å². The number of nitrogens with one attached hydrogen (secondary N) is 1. The lowest BCUT2D eigenvalue weighted by Crippen LogP contribution is -2.42. The van der Waals surface area contributed by atoms with Crippen LogP contribution in [0.3, 0.4) is 0 Å². The summed E-state index contributed by atoms with van der Waals surface area (Å²) in [6, 6.07) is 19.0. The highest BCUT2D eigenvalue weighted by Gasteiger charge is 2.26. The first kappa shape index (κ1) is 24.3. The zero-order chi connectivity index (χ0) is 23.9. The minimum absolute atomic E-state index is 0.00955. The summed E-state index contributed by atoms with van der Waals surface area (Å²) >= 11 is 1.65. The first-order chi connectivity index (χ1) is 16.5. The highest BCUT2D eigenvalue weighted by atomic mass is 32.2. The predicted molar refractivity (Wildman–Crippen MR) is 142 cm³/mol. The summed E-state index contributed by atoms with van der Waals surface area (Å²) < 4.78 is 0. The van der Waals surface area contributed by atoms with Crippen molar-refractivity contribution < 1.29 is 4.79 Å². The number of anilines is 1. The molecule has 178 valence electrons. The van der Waals surface area contributed by atoms with Gasteiger partial charge in [0.05, 0.1) is 0 Å². The number of hydrogen-bond acceptors (Lipinski definition) is 3. The van der Waals surface area contributed by atoms with Gasteiger partial charge in [0.2, 0.25) is 0 Å². The van der Waals surface area contributed by atoms with Crippen molar-refractivity contribution in [1.82, 2.24) is 9.88 Å². The average molecular weight is 474 g/mol. The first-order valence-corrected chi connectivity index (χ1v) is 13.1. The molecule has 2 amide bonds. The molecule has 0 aliphatic heterocycles. The minimum Gasteiger partial charge on any atom is -0.317 e. The molecule has 1 saturated carbocycles. The number of benzene rings is 2. The summed E-state index contributed by atoms with van der Waals surface area (Å²) in [5.74, 6) is 0. The number of rotatable bonds is 6. The first-order valence-electron chi connectivity index (χ1n) is 12.3. The fraction of sp³-hybridized carbons (Fsp3) is 0.379. The summed E-state index contributed by atoms with van der Waals surface area (Å²) in [5, 5.41) is 4.21. The zero-order valence-corrected chi connectivity index (χ0v) is 21.3. The molecule has 4 nitrogen and oxygen atoms in total. The van der Waals surface area contributed by atoms with Crippen LogP contribution in [0.1, 0.15) is 60.8 Å². The van der Waals surface area contributed by atoms with E-state index in [2.05, 4.69) is 67.5 Å². The number of urea groups is 1. The zero-order valence-electron chi connectivity index (χ0n) is 20.5. The molecule has 1 N–H and O–H groups in total. The van der Waals surface area contributed by atoms with Gasteiger partial charge in [-0.15, -0.1) is 0 Å². The van der Waals surface area contributed by atoms with Gasteiger partial charge in [-0.05, 0) is 68.5 Å². The second-order valence-corrected chi connectivity index (χ2v) is 10.5. The number of hydrogen-bond donors (Lipinski definition) is 1. The largest absolute Gasteiger partial charge is 0.322 e. The van der Waals surface area contributed by atoms with Crippen LogP contribution in [-0.4, -0.2) is 22.0 Å². The maximum absolute atomic E-state index is 13.6. The number of carbonyl (C=O) groups excluding carboxylic acids is 1. The lowest BCUT2D eigenvalue weighted by Gasteiger charge is -2.32. The van der Waals surface area contributed by atoms with E-state index in [1.807, 2.05) is 29.3 Å². The van der Waals surface area contributed by atoms with Crippen molar-refractivity contribution in [3.8, 4) is 0 Å². The van der Waals surface area contributed by atoms with Gasteiger partial charge in [-0.25, -0.2) is 9.78 Å². The molecule has 0 atom stereocenters. The Morgan fingerprint density at radius 1 is 0.971 bits per heavy atom. The van der Waals surface area contributed by atoms with Crippen LogP contribution in [0.25, 0.3) is 0 Å². The topological polar surface area (TPSA) is 45.2 Å². The maximum Gasteiger partial charge on any atom is 0.322 e. The molecule has 1 heterocycles. The Morgan fingerprint density at radius 3 is 2.26 bits per heavy atom. The maximum atomic E-state index is 13.6.